The Bertz CT molecular complexity index is 112. The van der Waals surface area contributed by atoms with E-state index in [-0.39, 0.29) is 12.0 Å². The average Bonchev–Trinajstić information content (AvgIpc) is 1.85. The lowest BCUT2D eigenvalue weighted by atomic mass is 9.93. The summed E-state index contributed by atoms with van der Waals surface area (Å²) >= 11 is 0. The molecule has 0 fully saturated rings. The molecule has 60 valence electrons. The van der Waals surface area contributed by atoms with Gasteiger partial charge in [0.15, 0.2) is 0 Å². The molecule has 0 radical (unpaired) electrons. The molecule has 0 atom stereocenters. The van der Waals surface area contributed by atoms with Gasteiger partial charge in [-0.05, 0) is 5.92 Å². The summed E-state index contributed by atoms with van der Waals surface area (Å²) in [6.07, 6.45) is 4.19. The highest BCUT2D eigenvalue weighted by molar-refractivity contribution is 4.95. The third-order valence-corrected chi connectivity index (χ3v) is 1.34. The summed E-state index contributed by atoms with van der Waals surface area (Å²) in [5.74, 6) is 0.575. The van der Waals surface area contributed by atoms with E-state index in [0.717, 1.165) is 0 Å². The zero-order valence-electron chi connectivity index (χ0n) is 7.39. The highest BCUT2D eigenvalue weighted by Crippen LogP contribution is 2.16. The predicted octanol–water partition coefficient (Wildman–Crippen LogP) is 2.22. The Morgan fingerprint density at radius 3 is 2.20 bits per heavy atom. The molecule has 1 N–H and O–H groups in total. The molecule has 0 aromatic carbocycles. The van der Waals surface area contributed by atoms with Gasteiger partial charge in [-0.1, -0.05) is 39.8 Å². The van der Waals surface area contributed by atoms with Crippen molar-refractivity contribution in [2.24, 2.45) is 11.3 Å². The molecule has 0 aromatic heterocycles. The maximum absolute atomic E-state index is 8.86. The zero-order valence-corrected chi connectivity index (χ0v) is 7.39. The van der Waals surface area contributed by atoms with Gasteiger partial charge < -0.3 is 5.11 Å². The van der Waals surface area contributed by atoms with Crippen LogP contribution in [-0.4, -0.2) is 11.7 Å². The van der Waals surface area contributed by atoms with Crippen LogP contribution in [0.4, 0.5) is 0 Å². The van der Waals surface area contributed by atoms with E-state index in [0.29, 0.717) is 5.92 Å². The minimum atomic E-state index is -0.0513. The highest BCUT2D eigenvalue weighted by atomic mass is 16.3. The summed E-state index contributed by atoms with van der Waals surface area (Å²) in [4.78, 5) is 0. The van der Waals surface area contributed by atoms with Crippen molar-refractivity contribution in [1.82, 2.24) is 0 Å². The molecule has 0 aliphatic heterocycles. The smallest absolute Gasteiger partial charge is 0.0516 e. The van der Waals surface area contributed by atoms with Gasteiger partial charge >= 0.3 is 0 Å². The number of hydrogen-bond acceptors (Lipinski definition) is 1. The van der Waals surface area contributed by atoms with Crippen molar-refractivity contribution in [2.45, 2.75) is 27.7 Å². The molecule has 0 saturated heterocycles. The Labute approximate surface area is 63.8 Å². The van der Waals surface area contributed by atoms with Crippen molar-refractivity contribution in [3.63, 3.8) is 0 Å². The number of rotatable bonds is 3. The lowest BCUT2D eigenvalue weighted by Gasteiger charge is -2.15. The fraction of sp³-hybridized carbons (Fsp3) is 0.778. The fourth-order valence-electron chi connectivity index (χ4n) is 0.506. The summed E-state index contributed by atoms with van der Waals surface area (Å²) in [5.41, 5.74) is -0.0513. The predicted molar refractivity (Wildman–Crippen MR) is 44.8 cm³/mol. The Morgan fingerprint density at radius 1 is 1.40 bits per heavy atom. The normalized spacial score (nSPS) is 13.4. The van der Waals surface area contributed by atoms with Crippen LogP contribution in [0.25, 0.3) is 0 Å². The molecule has 10 heavy (non-hydrogen) atoms. The van der Waals surface area contributed by atoms with Crippen LogP contribution in [0.5, 0.6) is 0 Å². The summed E-state index contributed by atoms with van der Waals surface area (Å²) in [7, 11) is 0. The van der Waals surface area contributed by atoms with Crippen LogP contribution in [0.15, 0.2) is 12.2 Å². The molecule has 0 spiro atoms. The lowest BCUT2D eigenvalue weighted by molar-refractivity contribution is 0.199. The van der Waals surface area contributed by atoms with Crippen molar-refractivity contribution < 1.29 is 5.11 Å². The molecule has 0 heterocycles. The standard InChI is InChI=1S/C9H18O/c1-8(2)5-6-9(3,4)7-10/h5-6,8,10H,7H2,1-4H3/b6-5+. The van der Waals surface area contributed by atoms with E-state index in [9.17, 15) is 0 Å². The van der Waals surface area contributed by atoms with Crippen molar-refractivity contribution in [3.8, 4) is 0 Å². The first-order valence-corrected chi connectivity index (χ1v) is 3.78. The molecule has 1 nitrogen and oxygen atoms in total. The Hall–Kier alpha value is -0.300. The van der Waals surface area contributed by atoms with E-state index < -0.39 is 0 Å². The third kappa shape index (κ3) is 4.57. The SMILES string of the molecule is CC(C)/C=C/C(C)(C)CO. The number of aliphatic hydroxyl groups is 1. The molecule has 0 unspecified atom stereocenters. The second-order valence-electron chi connectivity index (χ2n) is 3.75. The van der Waals surface area contributed by atoms with Crippen LogP contribution in [-0.2, 0) is 0 Å². The fourth-order valence-corrected chi connectivity index (χ4v) is 0.506. The number of aliphatic hydroxyl groups excluding tert-OH is 1. The minimum Gasteiger partial charge on any atom is -0.395 e. The van der Waals surface area contributed by atoms with E-state index in [2.05, 4.69) is 26.0 Å². The van der Waals surface area contributed by atoms with Crippen molar-refractivity contribution >= 4 is 0 Å². The van der Waals surface area contributed by atoms with Gasteiger partial charge in [0.2, 0.25) is 0 Å². The Morgan fingerprint density at radius 2 is 1.90 bits per heavy atom. The van der Waals surface area contributed by atoms with E-state index in [1.54, 1.807) is 0 Å². The van der Waals surface area contributed by atoms with Crippen LogP contribution >= 0.6 is 0 Å². The van der Waals surface area contributed by atoms with Gasteiger partial charge in [0, 0.05) is 5.41 Å². The quantitative estimate of drug-likeness (QED) is 0.599. The van der Waals surface area contributed by atoms with Crippen LogP contribution in [0.2, 0.25) is 0 Å². The number of allylic oxidation sites excluding steroid dienone is 1. The summed E-state index contributed by atoms with van der Waals surface area (Å²) in [6.45, 7) is 8.52. The topological polar surface area (TPSA) is 20.2 Å². The molecular formula is C9H18O. The molecule has 0 rings (SSSR count). The van der Waals surface area contributed by atoms with Crippen molar-refractivity contribution in [1.29, 1.82) is 0 Å². The van der Waals surface area contributed by atoms with Crippen molar-refractivity contribution in [3.05, 3.63) is 12.2 Å². The summed E-state index contributed by atoms with van der Waals surface area (Å²) in [6, 6.07) is 0. The van der Waals surface area contributed by atoms with Crippen LogP contribution in [0.3, 0.4) is 0 Å². The maximum Gasteiger partial charge on any atom is 0.0516 e. The second-order valence-corrected chi connectivity index (χ2v) is 3.75. The van der Waals surface area contributed by atoms with E-state index >= 15 is 0 Å². The van der Waals surface area contributed by atoms with Gasteiger partial charge in [0.1, 0.15) is 0 Å². The van der Waals surface area contributed by atoms with Crippen LogP contribution in [0.1, 0.15) is 27.7 Å². The van der Waals surface area contributed by atoms with Gasteiger partial charge in [-0.15, -0.1) is 0 Å². The molecular weight excluding hydrogens is 124 g/mol. The van der Waals surface area contributed by atoms with Crippen molar-refractivity contribution in [2.75, 3.05) is 6.61 Å². The molecule has 0 aliphatic carbocycles. The van der Waals surface area contributed by atoms with E-state index in [1.165, 1.54) is 0 Å². The first kappa shape index (κ1) is 9.70. The van der Waals surface area contributed by atoms with Gasteiger partial charge in [-0.2, -0.15) is 0 Å². The Kier molecular flexibility index (Phi) is 3.66. The molecule has 0 aliphatic rings. The van der Waals surface area contributed by atoms with Gasteiger partial charge in [0.05, 0.1) is 6.61 Å². The summed E-state index contributed by atoms with van der Waals surface area (Å²) in [5, 5.41) is 8.86. The zero-order chi connectivity index (χ0) is 8.20. The van der Waals surface area contributed by atoms with Gasteiger partial charge in [0.25, 0.3) is 0 Å². The van der Waals surface area contributed by atoms with Gasteiger partial charge in [-0.3, -0.25) is 0 Å². The molecule has 0 aromatic rings. The summed E-state index contributed by atoms with van der Waals surface area (Å²) < 4.78 is 0. The number of hydrogen-bond donors (Lipinski definition) is 1. The first-order chi connectivity index (χ1) is 4.48. The third-order valence-electron chi connectivity index (χ3n) is 1.34. The minimum absolute atomic E-state index is 0.0513. The monoisotopic (exact) mass is 142 g/mol. The average molecular weight is 142 g/mol. The second kappa shape index (κ2) is 3.77. The first-order valence-electron chi connectivity index (χ1n) is 3.78. The van der Waals surface area contributed by atoms with Gasteiger partial charge in [-0.25, -0.2) is 0 Å². The lowest BCUT2D eigenvalue weighted by Crippen LogP contribution is -2.12. The molecule has 0 bridgehead atoms. The van der Waals surface area contributed by atoms with Crippen LogP contribution < -0.4 is 0 Å². The van der Waals surface area contributed by atoms with Crippen LogP contribution in [0, 0.1) is 11.3 Å². The Balaban J connectivity index is 3.86. The highest BCUT2D eigenvalue weighted by Gasteiger charge is 2.10. The molecule has 1 heteroatoms. The maximum atomic E-state index is 8.86. The van der Waals surface area contributed by atoms with E-state index in [1.807, 2.05) is 13.8 Å². The largest absolute Gasteiger partial charge is 0.395 e. The van der Waals surface area contributed by atoms with E-state index in [4.69, 9.17) is 5.11 Å². The molecule has 0 amide bonds. The molecule has 0 saturated carbocycles.